The molecule has 2 heterocycles. The Morgan fingerprint density at radius 3 is 1.57 bits per heavy atom. The summed E-state index contributed by atoms with van der Waals surface area (Å²) >= 11 is 0. The van der Waals surface area contributed by atoms with Gasteiger partial charge in [-0.2, -0.15) is 31.6 Å². The average Bonchev–Trinajstić information content (AvgIpc) is 3.34. The van der Waals surface area contributed by atoms with Crippen molar-refractivity contribution in [3.8, 4) is 36.4 Å². The molecule has 2 aliphatic heterocycles. The molecule has 0 N–H and O–H groups in total. The van der Waals surface area contributed by atoms with Gasteiger partial charge in [0.15, 0.2) is 22.7 Å². The van der Waals surface area contributed by atoms with Crippen LogP contribution in [0.5, 0.6) is 0 Å². The second-order valence-corrected chi connectivity index (χ2v) is 9.46. The molecular weight excluding hydrogens is 506 g/mol. The number of hydrogen-bond donors (Lipinski definition) is 0. The van der Waals surface area contributed by atoms with Crippen molar-refractivity contribution in [3.05, 3.63) is 91.3 Å². The van der Waals surface area contributed by atoms with E-state index in [0.717, 1.165) is 0 Å². The fraction of sp³-hybridized carbons (Fsp3) is 0.200. The van der Waals surface area contributed by atoms with Crippen LogP contribution in [0.4, 0.5) is 5.69 Å². The topological polar surface area (TPSA) is 191 Å². The van der Waals surface area contributed by atoms with E-state index in [0.29, 0.717) is 22.3 Å². The molecule has 2 aliphatic rings. The van der Waals surface area contributed by atoms with Gasteiger partial charge >= 0.3 is 0 Å². The molecule has 0 spiro atoms. The predicted octanol–water partition coefficient (Wildman–Crippen LogP) is 5.97. The summed E-state index contributed by atoms with van der Waals surface area (Å²) in [6, 6.07) is 15.8. The molecule has 40 heavy (non-hydrogen) atoms. The van der Waals surface area contributed by atoms with Crippen LogP contribution in [0.1, 0.15) is 38.8 Å². The van der Waals surface area contributed by atoms with Crippen LogP contribution in [0.25, 0.3) is 12.2 Å². The van der Waals surface area contributed by atoms with Gasteiger partial charge in [-0.3, -0.25) is 0 Å². The number of nitriles is 6. The van der Waals surface area contributed by atoms with Crippen LogP contribution in [0, 0.1) is 72.9 Å². The fourth-order valence-corrected chi connectivity index (χ4v) is 4.20. The monoisotopic (exact) mass is 525 g/mol. The van der Waals surface area contributed by atoms with Crippen LogP contribution in [0.2, 0.25) is 0 Å². The third-order valence-electron chi connectivity index (χ3n) is 6.15. The van der Waals surface area contributed by atoms with E-state index in [1.165, 1.54) is 6.07 Å². The Kier molecular flexibility index (Phi) is 7.83. The van der Waals surface area contributed by atoms with Gasteiger partial charge in [0.1, 0.15) is 64.5 Å². The molecule has 0 aromatic heterocycles. The minimum atomic E-state index is -1.01. The minimum Gasteiger partial charge on any atom is -0.480 e. The molecule has 0 bridgehead atoms. The van der Waals surface area contributed by atoms with Crippen molar-refractivity contribution in [1.82, 2.24) is 0 Å². The highest BCUT2D eigenvalue weighted by Gasteiger charge is 2.39. The van der Waals surface area contributed by atoms with Crippen molar-refractivity contribution < 1.29 is 9.47 Å². The Morgan fingerprint density at radius 2 is 1.18 bits per heavy atom. The summed E-state index contributed by atoms with van der Waals surface area (Å²) in [6.07, 6.45) is 6.43. The van der Waals surface area contributed by atoms with Gasteiger partial charge in [-0.1, -0.05) is 36.4 Å². The molecule has 0 saturated carbocycles. The van der Waals surface area contributed by atoms with E-state index in [9.17, 15) is 36.5 Å². The number of ether oxygens (including phenoxy) is 2. The number of nitrogens with zero attached hydrogens (tertiary/aromatic N) is 7. The average molecular weight is 526 g/mol. The van der Waals surface area contributed by atoms with Crippen molar-refractivity contribution in [2.24, 2.45) is 5.18 Å². The lowest BCUT2D eigenvalue weighted by Crippen LogP contribution is -2.20. The Morgan fingerprint density at radius 1 is 0.725 bits per heavy atom. The van der Waals surface area contributed by atoms with Crippen LogP contribution < -0.4 is 0 Å². The summed E-state index contributed by atoms with van der Waals surface area (Å²) < 4.78 is 11.5. The number of allylic oxidation sites excluding steroid dienone is 4. The third kappa shape index (κ3) is 5.11. The summed E-state index contributed by atoms with van der Waals surface area (Å²) in [6.45, 7) is 6.77. The van der Waals surface area contributed by atoms with Gasteiger partial charge in [0.25, 0.3) is 0 Å². The van der Waals surface area contributed by atoms with Gasteiger partial charge in [-0.05, 0) is 44.5 Å². The van der Waals surface area contributed by atoms with Crippen molar-refractivity contribution >= 4 is 17.8 Å². The van der Waals surface area contributed by atoms with Crippen LogP contribution >= 0.6 is 0 Å². The Labute approximate surface area is 230 Å². The predicted molar refractivity (Wildman–Crippen MR) is 142 cm³/mol. The Balaban J connectivity index is 2.04. The molecule has 0 unspecified atom stereocenters. The first-order chi connectivity index (χ1) is 19.0. The molecule has 0 atom stereocenters. The third-order valence-corrected chi connectivity index (χ3v) is 6.15. The summed E-state index contributed by atoms with van der Waals surface area (Å²) in [5.74, 6) is -0.168. The summed E-state index contributed by atoms with van der Waals surface area (Å²) in [7, 11) is 0. The molecule has 1 aromatic carbocycles. The van der Waals surface area contributed by atoms with Gasteiger partial charge in [0.05, 0.1) is 0 Å². The highest BCUT2D eigenvalue weighted by molar-refractivity contribution is 5.72. The minimum absolute atomic E-state index is 0.0480. The van der Waals surface area contributed by atoms with Crippen LogP contribution in [-0.2, 0) is 9.47 Å². The maximum atomic E-state index is 11.7. The zero-order valence-corrected chi connectivity index (χ0v) is 21.9. The Bertz CT molecular complexity index is 1740. The van der Waals surface area contributed by atoms with E-state index in [-0.39, 0.29) is 39.5 Å². The van der Waals surface area contributed by atoms with E-state index in [2.05, 4.69) is 5.18 Å². The van der Waals surface area contributed by atoms with Gasteiger partial charge in [0, 0.05) is 16.7 Å². The van der Waals surface area contributed by atoms with Crippen LogP contribution in [-0.4, -0.2) is 11.2 Å². The Hall–Kier alpha value is -6.20. The number of rotatable bonds is 5. The molecule has 192 valence electrons. The van der Waals surface area contributed by atoms with E-state index in [1.54, 1.807) is 88.4 Å². The number of hydrogen-bond acceptors (Lipinski definition) is 10. The summed E-state index contributed by atoms with van der Waals surface area (Å²) in [5.41, 5.74) is -0.530. The molecular formula is C30H19N7O3. The summed E-state index contributed by atoms with van der Waals surface area (Å²) in [5, 5.41) is 59.4. The SMILES string of the molecule is CC1(C)OC(=C(C#N)C#N)C(C#N)=C1C=Cc1ccc(C=CC2=C(C#N)C(=C(C#N)C#N)OC2(C)C)c(N=O)c1. The van der Waals surface area contributed by atoms with Crippen molar-refractivity contribution in [2.75, 3.05) is 0 Å². The lowest BCUT2D eigenvalue weighted by molar-refractivity contribution is 0.0951. The smallest absolute Gasteiger partial charge is 0.172 e. The highest BCUT2D eigenvalue weighted by Crippen LogP contribution is 2.42. The zero-order valence-electron chi connectivity index (χ0n) is 21.9. The normalized spacial score (nSPS) is 16.8. The van der Waals surface area contributed by atoms with Gasteiger partial charge in [-0.25, -0.2) is 0 Å². The first-order valence-corrected chi connectivity index (χ1v) is 11.6. The lowest BCUT2D eigenvalue weighted by atomic mass is 9.93. The molecule has 10 heteroatoms. The van der Waals surface area contributed by atoms with Gasteiger partial charge in [-0.15, -0.1) is 4.91 Å². The van der Waals surface area contributed by atoms with Gasteiger partial charge in [0.2, 0.25) is 0 Å². The quantitative estimate of drug-likeness (QED) is 0.329. The molecule has 3 rings (SSSR count). The zero-order chi connectivity index (χ0) is 29.7. The lowest BCUT2D eigenvalue weighted by Gasteiger charge is -2.20. The van der Waals surface area contributed by atoms with Crippen molar-refractivity contribution in [2.45, 2.75) is 38.9 Å². The molecule has 0 amide bonds. The largest absolute Gasteiger partial charge is 0.480 e. The van der Waals surface area contributed by atoms with Crippen molar-refractivity contribution in [1.29, 1.82) is 31.6 Å². The first-order valence-electron chi connectivity index (χ1n) is 11.6. The number of benzene rings is 1. The molecule has 0 aliphatic carbocycles. The van der Waals surface area contributed by atoms with E-state index >= 15 is 0 Å². The first kappa shape index (κ1) is 28.4. The van der Waals surface area contributed by atoms with Crippen LogP contribution in [0.3, 0.4) is 0 Å². The van der Waals surface area contributed by atoms with Crippen LogP contribution in [0.15, 0.2) is 80.5 Å². The molecule has 0 fully saturated rings. The maximum absolute atomic E-state index is 11.7. The molecule has 0 radical (unpaired) electrons. The van der Waals surface area contributed by atoms with Crippen molar-refractivity contribution in [3.63, 3.8) is 0 Å². The second kappa shape index (κ2) is 11.0. The van der Waals surface area contributed by atoms with Gasteiger partial charge < -0.3 is 9.47 Å². The van der Waals surface area contributed by atoms with E-state index in [1.807, 2.05) is 12.1 Å². The highest BCUT2D eigenvalue weighted by atomic mass is 16.5. The molecule has 10 nitrogen and oxygen atoms in total. The molecule has 1 aromatic rings. The van der Waals surface area contributed by atoms with E-state index < -0.39 is 11.2 Å². The molecule has 0 saturated heterocycles. The standard InChI is InChI=1S/C30H19N7O3/c1-29(2)24(22(16-35)27(39-29)20(12-31)13-32)9-6-18-5-7-19(26(11-18)37-38)8-10-25-23(17-36)28(21(14-33)15-34)40-30(25,3)4/h5-11H,1-4H3. The fourth-order valence-electron chi connectivity index (χ4n) is 4.20. The second-order valence-electron chi connectivity index (χ2n) is 9.46. The van der Waals surface area contributed by atoms with E-state index in [4.69, 9.17) is 9.47 Å². The number of nitroso groups, excluding NO2 is 1. The summed E-state index contributed by atoms with van der Waals surface area (Å²) in [4.78, 5) is 11.7. The maximum Gasteiger partial charge on any atom is 0.172 e.